The summed E-state index contributed by atoms with van der Waals surface area (Å²) >= 11 is 0. The van der Waals surface area contributed by atoms with Crippen LogP contribution in [0.1, 0.15) is 17.0 Å². The molecule has 3 rings (SSSR count). The Balaban J connectivity index is 2.00. The van der Waals surface area contributed by atoms with Crippen molar-refractivity contribution in [3.05, 3.63) is 84.1 Å². The molecule has 5 nitrogen and oxygen atoms in total. The SMILES string of the molecule is O=C(NO)C(c1ccc(-c2ccncn2)cc1)c1ccccc1F. The predicted octanol–water partition coefficient (Wildman–Crippen LogP) is 2.92. The quantitative estimate of drug-likeness (QED) is 0.572. The second-order valence-corrected chi connectivity index (χ2v) is 5.15. The second kappa shape index (κ2) is 6.97. The standard InChI is InChI=1S/C18H14FN3O2/c19-15-4-2-1-3-14(15)17(18(23)22-24)13-7-5-12(6-8-13)16-9-10-20-11-21-16/h1-11,17,24H,(H,22,23). The van der Waals surface area contributed by atoms with Crippen LogP contribution < -0.4 is 5.48 Å². The molecule has 0 saturated carbocycles. The lowest BCUT2D eigenvalue weighted by molar-refractivity contribution is -0.129. The molecule has 1 atom stereocenters. The predicted molar refractivity (Wildman–Crippen MR) is 85.6 cm³/mol. The number of nitrogens with one attached hydrogen (secondary N) is 1. The smallest absolute Gasteiger partial charge is 0.255 e. The van der Waals surface area contributed by atoms with Gasteiger partial charge < -0.3 is 0 Å². The Labute approximate surface area is 137 Å². The summed E-state index contributed by atoms with van der Waals surface area (Å²) < 4.78 is 14.1. The van der Waals surface area contributed by atoms with Crippen molar-refractivity contribution in [1.82, 2.24) is 15.4 Å². The van der Waals surface area contributed by atoms with Gasteiger partial charge in [0.25, 0.3) is 5.91 Å². The molecule has 0 bridgehead atoms. The molecule has 1 heterocycles. The third-order valence-electron chi connectivity index (χ3n) is 3.71. The first-order valence-corrected chi connectivity index (χ1v) is 7.25. The van der Waals surface area contributed by atoms with Gasteiger partial charge in [-0.3, -0.25) is 10.0 Å². The van der Waals surface area contributed by atoms with Gasteiger partial charge in [0.05, 0.1) is 11.6 Å². The van der Waals surface area contributed by atoms with Crippen LogP contribution in [0.3, 0.4) is 0 Å². The van der Waals surface area contributed by atoms with E-state index in [1.54, 1.807) is 54.1 Å². The van der Waals surface area contributed by atoms with Gasteiger partial charge in [-0.05, 0) is 17.7 Å². The van der Waals surface area contributed by atoms with Gasteiger partial charge in [0.1, 0.15) is 12.1 Å². The highest BCUT2D eigenvalue weighted by Gasteiger charge is 2.25. The van der Waals surface area contributed by atoms with E-state index < -0.39 is 17.6 Å². The van der Waals surface area contributed by atoms with Gasteiger partial charge in [-0.15, -0.1) is 0 Å². The highest BCUT2D eigenvalue weighted by molar-refractivity contribution is 5.86. The number of nitrogens with zero attached hydrogens (tertiary/aromatic N) is 2. The maximum atomic E-state index is 14.1. The monoisotopic (exact) mass is 323 g/mol. The van der Waals surface area contributed by atoms with Gasteiger partial charge in [-0.25, -0.2) is 19.8 Å². The van der Waals surface area contributed by atoms with E-state index in [0.717, 1.165) is 11.3 Å². The van der Waals surface area contributed by atoms with Crippen molar-refractivity contribution in [1.29, 1.82) is 0 Å². The molecule has 0 radical (unpaired) electrons. The molecule has 2 aromatic carbocycles. The zero-order valence-corrected chi connectivity index (χ0v) is 12.6. The molecular formula is C18H14FN3O2. The number of carbonyl (C=O) groups excluding carboxylic acids is 1. The third-order valence-corrected chi connectivity index (χ3v) is 3.71. The highest BCUT2D eigenvalue weighted by atomic mass is 19.1. The molecule has 0 fully saturated rings. The lowest BCUT2D eigenvalue weighted by Crippen LogP contribution is -2.27. The maximum absolute atomic E-state index is 14.1. The number of aromatic nitrogens is 2. The van der Waals surface area contributed by atoms with Crippen LogP contribution in [0.15, 0.2) is 67.1 Å². The molecule has 0 saturated heterocycles. The van der Waals surface area contributed by atoms with Crippen LogP contribution in [0, 0.1) is 5.82 Å². The van der Waals surface area contributed by atoms with Crippen molar-refractivity contribution in [3.63, 3.8) is 0 Å². The Bertz CT molecular complexity index is 838. The van der Waals surface area contributed by atoms with Gasteiger partial charge in [0, 0.05) is 17.3 Å². The number of hydrogen-bond acceptors (Lipinski definition) is 4. The van der Waals surface area contributed by atoms with Crippen LogP contribution in [-0.2, 0) is 4.79 Å². The number of carbonyl (C=O) groups is 1. The van der Waals surface area contributed by atoms with Gasteiger partial charge in [-0.2, -0.15) is 0 Å². The van der Waals surface area contributed by atoms with Crippen molar-refractivity contribution < 1.29 is 14.4 Å². The summed E-state index contributed by atoms with van der Waals surface area (Å²) in [4.78, 5) is 20.1. The molecule has 1 unspecified atom stereocenters. The Hall–Kier alpha value is -3.12. The Morgan fingerprint density at radius 2 is 1.83 bits per heavy atom. The molecular weight excluding hydrogens is 309 g/mol. The Morgan fingerprint density at radius 1 is 1.08 bits per heavy atom. The van der Waals surface area contributed by atoms with E-state index in [2.05, 4.69) is 9.97 Å². The lowest BCUT2D eigenvalue weighted by atomic mass is 9.89. The number of halogens is 1. The first-order valence-electron chi connectivity index (χ1n) is 7.25. The van der Waals surface area contributed by atoms with Crippen LogP contribution in [0.2, 0.25) is 0 Å². The summed E-state index contributed by atoms with van der Waals surface area (Å²) in [5.41, 5.74) is 3.95. The zero-order valence-electron chi connectivity index (χ0n) is 12.6. The van der Waals surface area contributed by atoms with Gasteiger partial charge in [-0.1, -0.05) is 42.5 Å². The van der Waals surface area contributed by atoms with E-state index >= 15 is 0 Å². The molecule has 0 aliphatic heterocycles. The topological polar surface area (TPSA) is 75.1 Å². The molecule has 1 amide bonds. The molecule has 120 valence electrons. The molecule has 6 heteroatoms. The van der Waals surface area contributed by atoms with Crippen molar-refractivity contribution in [2.24, 2.45) is 0 Å². The van der Waals surface area contributed by atoms with Gasteiger partial charge in [0.2, 0.25) is 0 Å². The van der Waals surface area contributed by atoms with Gasteiger partial charge >= 0.3 is 0 Å². The van der Waals surface area contributed by atoms with Crippen LogP contribution in [-0.4, -0.2) is 21.1 Å². The van der Waals surface area contributed by atoms with Crippen LogP contribution >= 0.6 is 0 Å². The number of amides is 1. The molecule has 1 aromatic heterocycles. The summed E-state index contributed by atoms with van der Waals surface area (Å²) in [6.45, 7) is 0. The van der Waals surface area contributed by atoms with Crippen LogP contribution in [0.25, 0.3) is 11.3 Å². The van der Waals surface area contributed by atoms with E-state index in [-0.39, 0.29) is 5.56 Å². The number of hydroxylamine groups is 1. The largest absolute Gasteiger partial charge is 0.289 e. The minimum atomic E-state index is -0.948. The fraction of sp³-hybridized carbons (Fsp3) is 0.0556. The normalized spacial score (nSPS) is 11.8. The van der Waals surface area contributed by atoms with Crippen molar-refractivity contribution in [2.75, 3.05) is 0 Å². The number of benzene rings is 2. The fourth-order valence-electron chi connectivity index (χ4n) is 2.55. The molecule has 0 aliphatic carbocycles. The summed E-state index contributed by atoms with van der Waals surface area (Å²) in [7, 11) is 0. The zero-order chi connectivity index (χ0) is 16.9. The Kier molecular flexibility index (Phi) is 4.58. The van der Waals surface area contributed by atoms with Crippen molar-refractivity contribution >= 4 is 5.91 Å². The molecule has 0 spiro atoms. The second-order valence-electron chi connectivity index (χ2n) is 5.15. The molecule has 0 aliphatic rings. The van der Waals surface area contributed by atoms with E-state index in [0.29, 0.717) is 5.56 Å². The lowest BCUT2D eigenvalue weighted by Gasteiger charge is -2.17. The fourth-order valence-corrected chi connectivity index (χ4v) is 2.55. The first kappa shape index (κ1) is 15.8. The van der Waals surface area contributed by atoms with Crippen molar-refractivity contribution in [3.8, 4) is 11.3 Å². The third kappa shape index (κ3) is 3.13. The maximum Gasteiger partial charge on any atom is 0.255 e. The van der Waals surface area contributed by atoms with Gasteiger partial charge in [0.15, 0.2) is 0 Å². The van der Waals surface area contributed by atoms with E-state index in [1.807, 2.05) is 0 Å². The van der Waals surface area contributed by atoms with E-state index in [9.17, 15) is 9.18 Å². The number of rotatable bonds is 4. The average molecular weight is 323 g/mol. The Morgan fingerprint density at radius 3 is 2.46 bits per heavy atom. The van der Waals surface area contributed by atoms with Crippen LogP contribution in [0.4, 0.5) is 4.39 Å². The van der Waals surface area contributed by atoms with Crippen molar-refractivity contribution in [2.45, 2.75) is 5.92 Å². The van der Waals surface area contributed by atoms with Crippen LogP contribution in [0.5, 0.6) is 0 Å². The molecule has 2 N–H and O–H groups in total. The minimum Gasteiger partial charge on any atom is -0.289 e. The minimum absolute atomic E-state index is 0.193. The molecule has 24 heavy (non-hydrogen) atoms. The average Bonchev–Trinajstić information content (AvgIpc) is 2.64. The summed E-state index contributed by atoms with van der Waals surface area (Å²) in [5.74, 6) is -2.16. The summed E-state index contributed by atoms with van der Waals surface area (Å²) in [5, 5.41) is 9.01. The summed E-state index contributed by atoms with van der Waals surface area (Å²) in [6.07, 6.45) is 3.09. The highest BCUT2D eigenvalue weighted by Crippen LogP contribution is 2.28. The summed E-state index contributed by atoms with van der Waals surface area (Å²) in [6, 6.07) is 14.8. The number of hydrogen-bond donors (Lipinski definition) is 2. The van der Waals surface area contributed by atoms with E-state index in [1.165, 1.54) is 18.5 Å². The first-order chi connectivity index (χ1) is 11.7. The van der Waals surface area contributed by atoms with E-state index in [4.69, 9.17) is 5.21 Å². The molecule has 3 aromatic rings.